The van der Waals surface area contributed by atoms with Crippen molar-refractivity contribution in [2.45, 2.75) is 38.5 Å². The first kappa shape index (κ1) is 25.6. The van der Waals surface area contributed by atoms with Gasteiger partial charge in [0.15, 0.2) is 0 Å². The first-order valence-electron chi connectivity index (χ1n) is 11.3. The molecule has 0 saturated heterocycles. The van der Waals surface area contributed by atoms with E-state index >= 15 is 0 Å². The number of nitrogens with zero attached hydrogens (tertiary/aromatic N) is 3. The topological polar surface area (TPSA) is 87.6 Å². The van der Waals surface area contributed by atoms with Gasteiger partial charge in [-0.05, 0) is 48.7 Å². The van der Waals surface area contributed by atoms with Gasteiger partial charge in [-0.2, -0.15) is 0 Å². The molecule has 2 atom stereocenters. The van der Waals surface area contributed by atoms with Crippen LogP contribution in [0.5, 0.6) is 5.88 Å². The summed E-state index contributed by atoms with van der Waals surface area (Å²) in [6, 6.07) is 14.7. The number of aliphatic hydroxyl groups is 1. The van der Waals surface area contributed by atoms with Crippen molar-refractivity contribution in [2.75, 3.05) is 20.7 Å². The van der Waals surface area contributed by atoms with E-state index in [1.807, 2.05) is 37.3 Å². The van der Waals surface area contributed by atoms with Gasteiger partial charge in [-0.25, -0.2) is 9.97 Å². The standard InChI is InChI=1S/C26H31ClN4O3/c1-4-22(25(32)21-10-11-23(27)29-16-21)28-14-13-18-5-8-20(9-6-18)26(33)31(2)17-19-7-12-24(34-3)30-15-19/h5-12,15-16,22,25,28,32H,4,13-14,17H2,1-3H3/t22-,25-/m1/s1. The minimum atomic E-state index is -0.661. The Hall–Kier alpha value is -3.00. The molecule has 0 fully saturated rings. The molecule has 8 heteroatoms. The Labute approximate surface area is 205 Å². The zero-order valence-electron chi connectivity index (χ0n) is 19.7. The Morgan fingerprint density at radius 2 is 1.82 bits per heavy atom. The number of halogens is 1. The maximum absolute atomic E-state index is 12.8. The number of aromatic nitrogens is 2. The summed E-state index contributed by atoms with van der Waals surface area (Å²) in [5.41, 5.74) is 3.42. The molecule has 0 unspecified atom stereocenters. The minimum absolute atomic E-state index is 0.0498. The maximum Gasteiger partial charge on any atom is 0.253 e. The van der Waals surface area contributed by atoms with Crippen molar-refractivity contribution in [2.24, 2.45) is 0 Å². The summed E-state index contributed by atoms with van der Waals surface area (Å²) < 4.78 is 5.07. The van der Waals surface area contributed by atoms with Gasteiger partial charge in [-0.1, -0.05) is 42.8 Å². The quantitative estimate of drug-likeness (QED) is 0.401. The Morgan fingerprint density at radius 3 is 2.41 bits per heavy atom. The summed E-state index contributed by atoms with van der Waals surface area (Å²) in [5, 5.41) is 14.5. The molecule has 0 spiro atoms. The van der Waals surface area contributed by atoms with E-state index in [2.05, 4.69) is 15.3 Å². The second kappa shape index (κ2) is 12.5. The van der Waals surface area contributed by atoms with Crippen LogP contribution in [0.3, 0.4) is 0 Å². The van der Waals surface area contributed by atoms with Gasteiger partial charge in [0.05, 0.1) is 13.2 Å². The first-order valence-corrected chi connectivity index (χ1v) is 11.6. The van der Waals surface area contributed by atoms with E-state index in [9.17, 15) is 9.90 Å². The Bertz CT molecular complexity index is 1040. The van der Waals surface area contributed by atoms with Crippen molar-refractivity contribution in [1.82, 2.24) is 20.2 Å². The second-order valence-electron chi connectivity index (χ2n) is 8.14. The Balaban J connectivity index is 1.50. The number of hydrogen-bond acceptors (Lipinski definition) is 6. The summed E-state index contributed by atoms with van der Waals surface area (Å²) >= 11 is 5.84. The van der Waals surface area contributed by atoms with Crippen LogP contribution in [-0.4, -0.2) is 52.6 Å². The molecule has 2 heterocycles. The molecule has 0 aliphatic heterocycles. The van der Waals surface area contributed by atoms with E-state index in [1.165, 1.54) is 0 Å². The van der Waals surface area contributed by atoms with Crippen LogP contribution in [0.15, 0.2) is 60.9 Å². The summed E-state index contributed by atoms with van der Waals surface area (Å²) in [6.45, 7) is 3.20. The summed E-state index contributed by atoms with van der Waals surface area (Å²) in [4.78, 5) is 22.7. The molecule has 180 valence electrons. The molecule has 3 rings (SSSR count). The lowest BCUT2D eigenvalue weighted by Crippen LogP contribution is -2.35. The molecule has 0 aliphatic carbocycles. The van der Waals surface area contributed by atoms with Crippen molar-refractivity contribution < 1.29 is 14.6 Å². The van der Waals surface area contributed by atoms with Gasteiger partial charge in [-0.3, -0.25) is 4.79 Å². The molecule has 3 aromatic rings. The predicted molar refractivity (Wildman–Crippen MR) is 133 cm³/mol. The third kappa shape index (κ3) is 7.00. The Morgan fingerprint density at radius 1 is 1.09 bits per heavy atom. The van der Waals surface area contributed by atoms with Crippen molar-refractivity contribution in [3.8, 4) is 5.88 Å². The van der Waals surface area contributed by atoms with Crippen LogP contribution in [-0.2, 0) is 13.0 Å². The van der Waals surface area contributed by atoms with Crippen LogP contribution in [0, 0.1) is 0 Å². The van der Waals surface area contributed by atoms with Crippen LogP contribution in [0.2, 0.25) is 5.15 Å². The number of hydrogen-bond donors (Lipinski definition) is 2. The molecular weight excluding hydrogens is 452 g/mol. The number of nitrogens with one attached hydrogen (secondary N) is 1. The maximum atomic E-state index is 12.8. The van der Waals surface area contributed by atoms with Crippen LogP contribution >= 0.6 is 11.6 Å². The lowest BCUT2D eigenvalue weighted by molar-refractivity contribution is 0.0785. The molecule has 2 N–H and O–H groups in total. The van der Waals surface area contributed by atoms with Gasteiger partial charge in [-0.15, -0.1) is 0 Å². The molecule has 0 saturated carbocycles. The SMILES string of the molecule is CC[C@@H](NCCc1ccc(C(=O)N(C)Cc2ccc(OC)nc2)cc1)[C@H](O)c1ccc(Cl)nc1. The predicted octanol–water partition coefficient (Wildman–Crippen LogP) is 4.06. The number of aliphatic hydroxyl groups excluding tert-OH is 1. The summed E-state index contributed by atoms with van der Waals surface area (Å²) in [7, 11) is 3.35. The Kier molecular flexibility index (Phi) is 9.39. The van der Waals surface area contributed by atoms with Crippen LogP contribution in [0.4, 0.5) is 0 Å². The number of carbonyl (C=O) groups excluding carboxylic acids is 1. The number of rotatable bonds is 11. The monoisotopic (exact) mass is 482 g/mol. The molecule has 2 aromatic heterocycles. The molecule has 0 radical (unpaired) electrons. The largest absolute Gasteiger partial charge is 0.481 e. The van der Waals surface area contributed by atoms with E-state index < -0.39 is 6.10 Å². The van der Waals surface area contributed by atoms with Gasteiger partial charge in [0.2, 0.25) is 5.88 Å². The van der Waals surface area contributed by atoms with E-state index in [-0.39, 0.29) is 11.9 Å². The minimum Gasteiger partial charge on any atom is -0.481 e. The zero-order chi connectivity index (χ0) is 24.5. The molecule has 7 nitrogen and oxygen atoms in total. The molecule has 0 aliphatic rings. The van der Waals surface area contributed by atoms with Gasteiger partial charge >= 0.3 is 0 Å². The van der Waals surface area contributed by atoms with Crippen molar-refractivity contribution in [1.29, 1.82) is 0 Å². The highest BCUT2D eigenvalue weighted by Crippen LogP contribution is 2.19. The highest BCUT2D eigenvalue weighted by Gasteiger charge is 2.19. The normalized spacial score (nSPS) is 12.7. The third-order valence-corrected chi connectivity index (χ3v) is 5.93. The highest BCUT2D eigenvalue weighted by atomic mass is 35.5. The van der Waals surface area contributed by atoms with Gasteiger partial charge in [0.1, 0.15) is 5.15 Å². The number of ether oxygens (including phenoxy) is 1. The number of amides is 1. The highest BCUT2D eigenvalue weighted by molar-refractivity contribution is 6.29. The number of carbonyl (C=O) groups is 1. The lowest BCUT2D eigenvalue weighted by Gasteiger charge is -2.23. The van der Waals surface area contributed by atoms with E-state index in [1.54, 1.807) is 49.7 Å². The number of pyridine rings is 2. The molecule has 34 heavy (non-hydrogen) atoms. The summed E-state index contributed by atoms with van der Waals surface area (Å²) in [5.74, 6) is 0.496. The van der Waals surface area contributed by atoms with Crippen LogP contribution in [0.25, 0.3) is 0 Å². The van der Waals surface area contributed by atoms with Gasteiger partial charge < -0.3 is 20.1 Å². The van der Waals surface area contributed by atoms with Gasteiger partial charge in [0, 0.05) is 49.2 Å². The molecular formula is C26H31ClN4O3. The second-order valence-corrected chi connectivity index (χ2v) is 8.53. The fraction of sp³-hybridized carbons (Fsp3) is 0.346. The van der Waals surface area contributed by atoms with Crippen molar-refractivity contribution in [3.63, 3.8) is 0 Å². The fourth-order valence-corrected chi connectivity index (χ4v) is 3.79. The van der Waals surface area contributed by atoms with Gasteiger partial charge in [0.25, 0.3) is 5.91 Å². The van der Waals surface area contributed by atoms with Crippen molar-refractivity contribution in [3.05, 3.63) is 88.3 Å². The molecule has 1 aromatic carbocycles. The zero-order valence-corrected chi connectivity index (χ0v) is 20.5. The smallest absolute Gasteiger partial charge is 0.253 e. The van der Waals surface area contributed by atoms with E-state index in [4.69, 9.17) is 16.3 Å². The van der Waals surface area contributed by atoms with Crippen LogP contribution < -0.4 is 10.1 Å². The van der Waals surface area contributed by atoms with E-state index in [0.29, 0.717) is 29.7 Å². The number of methoxy groups -OCH3 is 1. The molecule has 0 bridgehead atoms. The van der Waals surface area contributed by atoms with E-state index in [0.717, 1.165) is 29.5 Å². The average molecular weight is 483 g/mol. The first-order chi connectivity index (χ1) is 16.4. The number of benzene rings is 1. The average Bonchev–Trinajstić information content (AvgIpc) is 2.87. The molecule has 1 amide bonds. The summed E-state index contributed by atoms with van der Waals surface area (Å²) in [6.07, 6.45) is 4.21. The van der Waals surface area contributed by atoms with Crippen LogP contribution in [0.1, 0.15) is 46.5 Å². The lowest BCUT2D eigenvalue weighted by atomic mass is 10.0. The fourth-order valence-electron chi connectivity index (χ4n) is 3.68. The third-order valence-electron chi connectivity index (χ3n) is 5.71. The van der Waals surface area contributed by atoms with Crippen molar-refractivity contribution >= 4 is 17.5 Å².